The van der Waals surface area contributed by atoms with E-state index in [1.807, 2.05) is 0 Å². The number of likely N-dealkylation sites (tertiary alicyclic amines) is 1. The lowest BCUT2D eigenvalue weighted by Gasteiger charge is -2.29. The molecule has 0 aromatic rings. The molecular weight excluding hydrogens is 180 g/mol. The van der Waals surface area contributed by atoms with Gasteiger partial charge in [-0.1, -0.05) is 6.92 Å². The average Bonchev–Trinajstić information content (AvgIpc) is 2.29. The minimum Gasteiger partial charge on any atom is -0.480 e. The number of carbonyl (C=O) groups is 1. The van der Waals surface area contributed by atoms with Crippen molar-refractivity contribution in [2.24, 2.45) is 11.7 Å². The molecule has 1 heterocycles. The Morgan fingerprint density at radius 2 is 2.21 bits per heavy atom. The summed E-state index contributed by atoms with van der Waals surface area (Å²) in [5.74, 6) is -0.279. The molecule has 0 aliphatic carbocycles. The molecule has 4 nitrogen and oxygen atoms in total. The number of hydrogen-bond acceptors (Lipinski definition) is 3. The molecule has 3 atom stereocenters. The Morgan fingerprint density at radius 1 is 1.64 bits per heavy atom. The molecule has 1 aliphatic heterocycles. The highest BCUT2D eigenvalue weighted by molar-refractivity contribution is 5.78. The molecule has 82 valence electrons. The fraction of sp³-hybridized carbons (Fsp3) is 0.900. The van der Waals surface area contributed by atoms with Crippen molar-refractivity contribution in [2.75, 3.05) is 13.1 Å². The zero-order valence-corrected chi connectivity index (χ0v) is 9.16. The van der Waals surface area contributed by atoms with Gasteiger partial charge in [-0.05, 0) is 26.2 Å². The second kappa shape index (κ2) is 3.87. The molecule has 1 fully saturated rings. The summed E-state index contributed by atoms with van der Waals surface area (Å²) >= 11 is 0. The Hall–Kier alpha value is -0.610. The van der Waals surface area contributed by atoms with Crippen molar-refractivity contribution in [1.82, 2.24) is 4.90 Å². The molecule has 1 saturated heterocycles. The summed E-state index contributed by atoms with van der Waals surface area (Å²) in [4.78, 5) is 13.0. The van der Waals surface area contributed by atoms with Gasteiger partial charge in [0, 0.05) is 19.1 Å². The quantitative estimate of drug-likeness (QED) is 0.697. The van der Waals surface area contributed by atoms with Crippen molar-refractivity contribution in [2.45, 2.75) is 38.8 Å². The van der Waals surface area contributed by atoms with E-state index in [0.717, 1.165) is 13.0 Å². The van der Waals surface area contributed by atoms with Crippen LogP contribution in [0.4, 0.5) is 0 Å². The summed E-state index contributed by atoms with van der Waals surface area (Å²) in [7, 11) is 0. The highest BCUT2D eigenvalue weighted by Gasteiger charge is 2.35. The number of aliphatic carboxylic acids is 1. The van der Waals surface area contributed by atoms with E-state index in [1.54, 1.807) is 6.92 Å². The van der Waals surface area contributed by atoms with E-state index >= 15 is 0 Å². The largest absolute Gasteiger partial charge is 0.480 e. The van der Waals surface area contributed by atoms with E-state index < -0.39 is 11.5 Å². The van der Waals surface area contributed by atoms with Gasteiger partial charge in [0.2, 0.25) is 0 Å². The SMILES string of the molecule is CC1CC(C)N(CC(C)(N)C(=O)O)C1. The highest BCUT2D eigenvalue weighted by atomic mass is 16.4. The highest BCUT2D eigenvalue weighted by Crippen LogP contribution is 2.23. The third-order valence-electron chi connectivity index (χ3n) is 2.93. The number of rotatable bonds is 3. The Kier molecular flexibility index (Phi) is 3.17. The first-order valence-corrected chi connectivity index (χ1v) is 5.09. The summed E-state index contributed by atoms with van der Waals surface area (Å²) < 4.78 is 0. The van der Waals surface area contributed by atoms with Crippen LogP contribution in [-0.2, 0) is 4.79 Å². The maximum absolute atomic E-state index is 10.8. The fourth-order valence-corrected chi connectivity index (χ4v) is 2.10. The minimum absolute atomic E-state index is 0.438. The molecule has 3 N–H and O–H groups in total. The average molecular weight is 200 g/mol. The van der Waals surface area contributed by atoms with Gasteiger partial charge in [-0.15, -0.1) is 0 Å². The van der Waals surface area contributed by atoms with Crippen LogP contribution >= 0.6 is 0 Å². The number of nitrogens with two attached hydrogens (primary N) is 1. The topological polar surface area (TPSA) is 66.6 Å². The van der Waals surface area contributed by atoms with E-state index in [0.29, 0.717) is 18.5 Å². The third kappa shape index (κ3) is 2.45. The molecule has 1 aliphatic rings. The third-order valence-corrected chi connectivity index (χ3v) is 2.93. The van der Waals surface area contributed by atoms with Crippen molar-refractivity contribution >= 4 is 5.97 Å². The van der Waals surface area contributed by atoms with E-state index in [2.05, 4.69) is 18.7 Å². The van der Waals surface area contributed by atoms with Crippen molar-refractivity contribution in [3.63, 3.8) is 0 Å². The first kappa shape index (κ1) is 11.5. The predicted octanol–water partition coefficient (Wildman–Crippen LogP) is 0.519. The smallest absolute Gasteiger partial charge is 0.324 e. The van der Waals surface area contributed by atoms with Gasteiger partial charge < -0.3 is 10.8 Å². The van der Waals surface area contributed by atoms with Gasteiger partial charge in [-0.25, -0.2) is 0 Å². The molecule has 0 aromatic carbocycles. The lowest BCUT2D eigenvalue weighted by atomic mass is 10.0. The van der Waals surface area contributed by atoms with Crippen molar-refractivity contribution < 1.29 is 9.90 Å². The summed E-state index contributed by atoms with van der Waals surface area (Å²) in [5, 5.41) is 8.90. The molecule has 1 rings (SSSR count). The first-order chi connectivity index (χ1) is 6.33. The Bertz CT molecular complexity index is 228. The zero-order chi connectivity index (χ0) is 10.9. The van der Waals surface area contributed by atoms with E-state index in [4.69, 9.17) is 10.8 Å². The maximum Gasteiger partial charge on any atom is 0.324 e. The van der Waals surface area contributed by atoms with Crippen LogP contribution in [0, 0.1) is 5.92 Å². The second-order valence-electron chi connectivity index (χ2n) is 4.84. The fourth-order valence-electron chi connectivity index (χ4n) is 2.10. The van der Waals surface area contributed by atoms with Gasteiger partial charge in [0.1, 0.15) is 5.54 Å². The van der Waals surface area contributed by atoms with Crippen LogP contribution in [0.1, 0.15) is 27.2 Å². The van der Waals surface area contributed by atoms with E-state index in [9.17, 15) is 4.79 Å². The molecule has 0 saturated carbocycles. The summed E-state index contributed by atoms with van der Waals surface area (Å²) in [6.45, 7) is 7.28. The van der Waals surface area contributed by atoms with Gasteiger partial charge in [0.25, 0.3) is 0 Å². The Morgan fingerprint density at radius 3 is 2.57 bits per heavy atom. The van der Waals surface area contributed by atoms with Gasteiger partial charge in [-0.3, -0.25) is 9.69 Å². The normalized spacial score (nSPS) is 32.9. The Balaban J connectivity index is 2.56. The second-order valence-corrected chi connectivity index (χ2v) is 4.84. The first-order valence-electron chi connectivity index (χ1n) is 5.09. The maximum atomic E-state index is 10.8. The van der Waals surface area contributed by atoms with Crippen molar-refractivity contribution in [3.05, 3.63) is 0 Å². The number of carboxylic acid groups (broad SMARTS) is 1. The van der Waals surface area contributed by atoms with Crippen molar-refractivity contribution in [1.29, 1.82) is 0 Å². The zero-order valence-electron chi connectivity index (χ0n) is 9.16. The van der Waals surface area contributed by atoms with Crippen LogP contribution in [0.15, 0.2) is 0 Å². The van der Waals surface area contributed by atoms with Gasteiger partial charge in [-0.2, -0.15) is 0 Å². The number of hydrogen-bond donors (Lipinski definition) is 2. The van der Waals surface area contributed by atoms with Crippen LogP contribution in [0.5, 0.6) is 0 Å². The standard InChI is InChI=1S/C10H20N2O2/c1-7-4-8(2)12(5-7)6-10(3,11)9(13)14/h7-8H,4-6,11H2,1-3H3,(H,13,14). The van der Waals surface area contributed by atoms with Crippen LogP contribution in [0.3, 0.4) is 0 Å². The summed E-state index contributed by atoms with van der Waals surface area (Å²) in [6.07, 6.45) is 1.13. The van der Waals surface area contributed by atoms with Gasteiger partial charge in [0.15, 0.2) is 0 Å². The van der Waals surface area contributed by atoms with Crippen LogP contribution in [0.2, 0.25) is 0 Å². The molecule has 4 heteroatoms. The summed E-state index contributed by atoms with van der Waals surface area (Å²) in [5.41, 5.74) is 4.58. The van der Waals surface area contributed by atoms with E-state index in [1.165, 1.54) is 0 Å². The monoisotopic (exact) mass is 200 g/mol. The predicted molar refractivity (Wildman–Crippen MR) is 55.0 cm³/mol. The molecule has 0 bridgehead atoms. The molecule has 0 amide bonds. The lowest BCUT2D eigenvalue weighted by Crippen LogP contribution is -2.54. The van der Waals surface area contributed by atoms with Gasteiger partial charge in [0.05, 0.1) is 0 Å². The van der Waals surface area contributed by atoms with E-state index in [-0.39, 0.29) is 0 Å². The number of carboxylic acids is 1. The number of nitrogens with zero attached hydrogens (tertiary/aromatic N) is 1. The molecule has 0 radical (unpaired) electrons. The molecule has 14 heavy (non-hydrogen) atoms. The Labute approximate surface area is 85.1 Å². The van der Waals surface area contributed by atoms with Crippen LogP contribution < -0.4 is 5.73 Å². The summed E-state index contributed by atoms with van der Waals surface area (Å²) in [6, 6.07) is 0.451. The van der Waals surface area contributed by atoms with Crippen LogP contribution in [0.25, 0.3) is 0 Å². The van der Waals surface area contributed by atoms with Crippen molar-refractivity contribution in [3.8, 4) is 0 Å². The molecule has 0 spiro atoms. The molecular formula is C10H20N2O2. The van der Waals surface area contributed by atoms with Crippen LogP contribution in [-0.4, -0.2) is 40.6 Å². The van der Waals surface area contributed by atoms with Gasteiger partial charge >= 0.3 is 5.97 Å². The molecule has 0 aromatic heterocycles. The minimum atomic E-state index is -1.13. The molecule has 3 unspecified atom stereocenters. The lowest BCUT2D eigenvalue weighted by molar-refractivity contribution is -0.143.